The third kappa shape index (κ3) is 2.72. The fourth-order valence-corrected chi connectivity index (χ4v) is 1.91. The SMILES string of the molecule is NC1COCC1C(=O)Nc1cccc(F)c1C(=O)O. The number of halogens is 1. The molecule has 102 valence electrons. The van der Waals surface area contributed by atoms with Crippen LogP contribution in [0.4, 0.5) is 10.1 Å². The Hall–Kier alpha value is -1.99. The monoisotopic (exact) mass is 268 g/mol. The number of carbonyl (C=O) groups excluding carboxylic acids is 1. The van der Waals surface area contributed by atoms with Gasteiger partial charge in [-0.3, -0.25) is 4.79 Å². The Morgan fingerprint density at radius 3 is 2.74 bits per heavy atom. The lowest BCUT2D eigenvalue weighted by Gasteiger charge is -2.14. The molecule has 1 aromatic rings. The molecule has 0 spiro atoms. The molecular formula is C12H13FN2O4. The van der Waals surface area contributed by atoms with Crippen molar-refractivity contribution in [3.8, 4) is 0 Å². The highest BCUT2D eigenvalue weighted by Gasteiger charge is 2.32. The summed E-state index contributed by atoms with van der Waals surface area (Å²) >= 11 is 0. The van der Waals surface area contributed by atoms with Gasteiger partial charge in [-0.1, -0.05) is 6.07 Å². The van der Waals surface area contributed by atoms with Gasteiger partial charge in [-0.25, -0.2) is 9.18 Å². The molecule has 2 rings (SSSR count). The first-order valence-corrected chi connectivity index (χ1v) is 5.66. The third-order valence-corrected chi connectivity index (χ3v) is 2.95. The molecule has 0 radical (unpaired) electrons. The van der Waals surface area contributed by atoms with E-state index in [-0.39, 0.29) is 18.9 Å². The minimum Gasteiger partial charge on any atom is -0.478 e. The average molecular weight is 268 g/mol. The van der Waals surface area contributed by atoms with Crippen molar-refractivity contribution in [1.82, 2.24) is 0 Å². The maximum Gasteiger partial charge on any atom is 0.340 e. The van der Waals surface area contributed by atoms with Gasteiger partial charge in [0.1, 0.15) is 11.4 Å². The van der Waals surface area contributed by atoms with Crippen molar-refractivity contribution < 1.29 is 23.8 Å². The minimum atomic E-state index is -1.44. The van der Waals surface area contributed by atoms with Crippen LogP contribution >= 0.6 is 0 Å². The van der Waals surface area contributed by atoms with E-state index in [9.17, 15) is 14.0 Å². The summed E-state index contributed by atoms with van der Waals surface area (Å²) in [5.41, 5.74) is 5.03. The summed E-state index contributed by atoms with van der Waals surface area (Å²) < 4.78 is 18.5. The van der Waals surface area contributed by atoms with E-state index in [0.29, 0.717) is 0 Å². The number of nitrogens with one attached hydrogen (secondary N) is 1. The number of rotatable bonds is 3. The van der Waals surface area contributed by atoms with Gasteiger partial charge in [0, 0.05) is 6.04 Å². The maximum absolute atomic E-state index is 13.4. The van der Waals surface area contributed by atoms with Gasteiger partial charge in [0.15, 0.2) is 0 Å². The Bertz CT molecular complexity index is 520. The van der Waals surface area contributed by atoms with E-state index in [2.05, 4.69) is 5.32 Å². The summed E-state index contributed by atoms with van der Waals surface area (Å²) in [7, 11) is 0. The Labute approximate surface area is 108 Å². The van der Waals surface area contributed by atoms with Gasteiger partial charge < -0.3 is 20.9 Å². The van der Waals surface area contributed by atoms with E-state index in [4.69, 9.17) is 15.6 Å². The molecule has 1 fully saturated rings. The third-order valence-electron chi connectivity index (χ3n) is 2.95. The first kappa shape index (κ1) is 13.4. The van der Waals surface area contributed by atoms with E-state index in [1.165, 1.54) is 12.1 Å². The zero-order valence-corrected chi connectivity index (χ0v) is 9.93. The summed E-state index contributed by atoms with van der Waals surface area (Å²) in [5, 5.41) is 11.3. The number of amides is 1. The van der Waals surface area contributed by atoms with Gasteiger partial charge in [-0.2, -0.15) is 0 Å². The Morgan fingerprint density at radius 2 is 2.16 bits per heavy atom. The highest BCUT2D eigenvalue weighted by Crippen LogP contribution is 2.21. The molecular weight excluding hydrogens is 255 g/mol. The second-order valence-electron chi connectivity index (χ2n) is 4.26. The molecule has 0 bridgehead atoms. The molecule has 0 aliphatic carbocycles. The molecule has 2 atom stereocenters. The summed E-state index contributed by atoms with van der Waals surface area (Å²) in [6.45, 7) is 0.442. The quantitative estimate of drug-likeness (QED) is 0.738. The second kappa shape index (κ2) is 5.33. The van der Waals surface area contributed by atoms with Gasteiger partial charge in [-0.15, -0.1) is 0 Å². The van der Waals surface area contributed by atoms with Crippen LogP contribution in [0, 0.1) is 11.7 Å². The molecule has 2 unspecified atom stereocenters. The first-order chi connectivity index (χ1) is 9.00. The van der Waals surface area contributed by atoms with Crippen molar-refractivity contribution in [2.75, 3.05) is 18.5 Å². The summed E-state index contributed by atoms with van der Waals surface area (Å²) in [6, 6.07) is 3.22. The predicted octanol–water partition coefficient (Wildman–Crippen LogP) is 0.436. The number of anilines is 1. The summed E-state index contributed by atoms with van der Waals surface area (Å²) in [6.07, 6.45) is 0. The highest BCUT2D eigenvalue weighted by molar-refractivity contribution is 6.01. The predicted molar refractivity (Wildman–Crippen MR) is 64.3 cm³/mol. The fourth-order valence-electron chi connectivity index (χ4n) is 1.91. The van der Waals surface area contributed by atoms with Crippen molar-refractivity contribution in [1.29, 1.82) is 0 Å². The molecule has 1 amide bonds. The smallest absolute Gasteiger partial charge is 0.340 e. The fraction of sp³-hybridized carbons (Fsp3) is 0.333. The van der Waals surface area contributed by atoms with E-state index in [1.807, 2.05) is 0 Å². The van der Waals surface area contributed by atoms with Gasteiger partial charge in [0.2, 0.25) is 5.91 Å². The van der Waals surface area contributed by atoms with Gasteiger partial charge >= 0.3 is 5.97 Å². The van der Waals surface area contributed by atoms with Crippen LogP contribution in [0.1, 0.15) is 10.4 Å². The Morgan fingerprint density at radius 1 is 1.42 bits per heavy atom. The van der Waals surface area contributed by atoms with Crippen molar-refractivity contribution in [3.63, 3.8) is 0 Å². The maximum atomic E-state index is 13.4. The normalized spacial score (nSPS) is 22.2. The number of hydrogen-bond acceptors (Lipinski definition) is 4. The molecule has 0 saturated carbocycles. The van der Waals surface area contributed by atoms with Crippen molar-refractivity contribution >= 4 is 17.6 Å². The lowest BCUT2D eigenvalue weighted by Crippen LogP contribution is -2.37. The van der Waals surface area contributed by atoms with Crippen LogP contribution in [0.3, 0.4) is 0 Å². The molecule has 0 aromatic heterocycles. The van der Waals surface area contributed by atoms with Crippen molar-refractivity contribution in [2.24, 2.45) is 11.7 Å². The van der Waals surface area contributed by atoms with Crippen LogP contribution in [0.25, 0.3) is 0 Å². The largest absolute Gasteiger partial charge is 0.478 e. The zero-order chi connectivity index (χ0) is 14.0. The Kier molecular flexibility index (Phi) is 3.77. The zero-order valence-electron chi connectivity index (χ0n) is 9.93. The Balaban J connectivity index is 2.21. The molecule has 1 aliphatic heterocycles. The van der Waals surface area contributed by atoms with Crippen LogP contribution in [-0.2, 0) is 9.53 Å². The van der Waals surface area contributed by atoms with E-state index in [0.717, 1.165) is 6.07 Å². The number of carbonyl (C=O) groups is 2. The molecule has 1 aromatic carbocycles. The lowest BCUT2D eigenvalue weighted by atomic mass is 10.0. The molecule has 19 heavy (non-hydrogen) atoms. The standard InChI is InChI=1S/C12H13FN2O4/c13-7-2-1-3-9(10(7)12(17)18)15-11(16)6-4-19-5-8(6)14/h1-3,6,8H,4-5,14H2,(H,15,16)(H,17,18). The van der Waals surface area contributed by atoms with Crippen LogP contribution in [-0.4, -0.2) is 36.2 Å². The van der Waals surface area contributed by atoms with Crippen molar-refractivity contribution in [3.05, 3.63) is 29.6 Å². The van der Waals surface area contributed by atoms with E-state index >= 15 is 0 Å². The second-order valence-corrected chi connectivity index (χ2v) is 4.26. The minimum absolute atomic E-state index is 0.0865. The van der Waals surface area contributed by atoms with Gasteiger partial charge in [-0.05, 0) is 12.1 Å². The van der Waals surface area contributed by atoms with E-state index < -0.39 is 35.2 Å². The van der Waals surface area contributed by atoms with Crippen molar-refractivity contribution in [2.45, 2.75) is 6.04 Å². The molecule has 1 heterocycles. The van der Waals surface area contributed by atoms with Crippen LogP contribution in [0.5, 0.6) is 0 Å². The van der Waals surface area contributed by atoms with Crippen LogP contribution in [0.2, 0.25) is 0 Å². The number of carboxylic acid groups (broad SMARTS) is 1. The first-order valence-electron chi connectivity index (χ1n) is 5.66. The molecule has 1 aliphatic rings. The number of aromatic carboxylic acids is 1. The van der Waals surface area contributed by atoms with E-state index in [1.54, 1.807) is 0 Å². The van der Waals surface area contributed by atoms with Gasteiger partial charge in [0.25, 0.3) is 0 Å². The highest BCUT2D eigenvalue weighted by atomic mass is 19.1. The molecule has 4 N–H and O–H groups in total. The number of carboxylic acids is 1. The number of benzene rings is 1. The topological polar surface area (TPSA) is 102 Å². The summed E-state index contributed by atoms with van der Waals surface area (Å²) in [4.78, 5) is 22.9. The number of nitrogens with two attached hydrogens (primary N) is 1. The van der Waals surface area contributed by atoms with Gasteiger partial charge in [0.05, 0.1) is 24.8 Å². The number of hydrogen-bond donors (Lipinski definition) is 3. The average Bonchev–Trinajstić information content (AvgIpc) is 2.75. The van der Waals surface area contributed by atoms with Crippen LogP contribution in [0.15, 0.2) is 18.2 Å². The summed E-state index contributed by atoms with van der Waals surface area (Å²) in [5.74, 6) is -3.39. The molecule has 1 saturated heterocycles. The van der Waals surface area contributed by atoms with Crippen LogP contribution < -0.4 is 11.1 Å². The lowest BCUT2D eigenvalue weighted by molar-refractivity contribution is -0.120. The molecule has 6 nitrogen and oxygen atoms in total. The number of ether oxygens (including phenoxy) is 1. The molecule has 7 heteroatoms.